The van der Waals surface area contributed by atoms with Crippen molar-refractivity contribution in [3.05, 3.63) is 24.0 Å². The lowest BCUT2D eigenvalue weighted by atomic mass is 10.1. The number of nitrogens with one attached hydrogen (secondary N) is 1. The first-order chi connectivity index (χ1) is 11.9. The van der Waals surface area contributed by atoms with Gasteiger partial charge in [-0.1, -0.05) is 65.2 Å². The average molecular weight is 374 g/mol. The monoisotopic (exact) mass is 373 g/mol. The minimum atomic E-state index is -3.92. The maximum absolute atomic E-state index is 9.08. The first-order valence-corrected chi connectivity index (χ1v) is 11.8. The molecule has 0 saturated carbocycles. The van der Waals surface area contributed by atoms with Crippen molar-refractivity contribution in [2.75, 3.05) is 12.8 Å². The first kappa shape index (κ1) is 24.4. The molecule has 25 heavy (non-hydrogen) atoms. The van der Waals surface area contributed by atoms with Gasteiger partial charge in [-0.3, -0.25) is 4.90 Å². The SMILES string of the molecule is CCCCCCCCCCCC[NH+]1C=CC=C1CCC.CS(=O)(=O)[O-]. The van der Waals surface area contributed by atoms with E-state index in [2.05, 4.69) is 32.2 Å². The lowest BCUT2D eigenvalue weighted by Crippen LogP contribution is -3.04. The Balaban J connectivity index is 0.00000101. The van der Waals surface area contributed by atoms with Gasteiger partial charge in [-0.15, -0.1) is 0 Å². The van der Waals surface area contributed by atoms with Crippen molar-refractivity contribution < 1.29 is 17.9 Å². The van der Waals surface area contributed by atoms with Crippen LogP contribution in [-0.4, -0.2) is 25.8 Å². The molecule has 1 N–H and O–H groups in total. The number of hydrogen-bond donors (Lipinski definition) is 1. The molecule has 0 aromatic heterocycles. The Labute approximate surface area is 156 Å². The minimum Gasteiger partial charge on any atom is -0.748 e. The van der Waals surface area contributed by atoms with E-state index in [0.717, 1.165) is 0 Å². The molecule has 0 spiro atoms. The van der Waals surface area contributed by atoms with Gasteiger partial charge in [0.15, 0.2) is 0 Å². The highest BCUT2D eigenvalue weighted by molar-refractivity contribution is 7.84. The summed E-state index contributed by atoms with van der Waals surface area (Å²) in [6, 6.07) is 0. The van der Waals surface area contributed by atoms with E-state index in [1.54, 1.807) is 10.6 Å². The zero-order chi connectivity index (χ0) is 19.0. The van der Waals surface area contributed by atoms with E-state index in [1.165, 1.54) is 83.6 Å². The standard InChI is InChI=1S/C19H35N.CH4O3S/c1-3-5-6-7-8-9-10-11-12-13-17-20-18-14-16-19(20)15-4-2;1-5(2,3)4/h14,16,18H,3-13,15,17H2,1-2H3;1H3,(H,2,3,4). The molecule has 1 atom stereocenters. The maximum atomic E-state index is 9.08. The molecule has 0 bridgehead atoms. The van der Waals surface area contributed by atoms with Crippen LogP contribution in [0.1, 0.15) is 90.9 Å². The lowest BCUT2D eigenvalue weighted by molar-refractivity contribution is -0.804. The van der Waals surface area contributed by atoms with Crippen LogP contribution in [0.3, 0.4) is 0 Å². The van der Waals surface area contributed by atoms with E-state index in [1.807, 2.05) is 0 Å². The highest BCUT2D eigenvalue weighted by Gasteiger charge is 2.14. The van der Waals surface area contributed by atoms with E-state index in [9.17, 15) is 0 Å². The molecule has 0 aromatic rings. The van der Waals surface area contributed by atoms with Crippen molar-refractivity contribution in [1.29, 1.82) is 0 Å². The molecule has 0 fully saturated rings. The highest BCUT2D eigenvalue weighted by atomic mass is 32.2. The molecule has 148 valence electrons. The van der Waals surface area contributed by atoms with Gasteiger partial charge in [-0.25, -0.2) is 8.42 Å². The van der Waals surface area contributed by atoms with E-state index in [-0.39, 0.29) is 0 Å². The molecule has 0 aliphatic carbocycles. The minimum absolute atomic E-state index is 0.604. The lowest BCUT2D eigenvalue weighted by Gasteiger charge is -2.13. The molecule has 0 saturated heterocycles. The van der Waals surface area contributed by atoms with Crippen LogP contribution in [0.4, 0.5) is 0 Å². The Hall–Kier alpha value is -0.650. The van der Waals surface area contributed by atoms with Gasteiger partial charge in [0.1, 0.15) is 5.70 Å². The topological polar surface area (TPSA) is 61.6 Å². The second-order valence-electron chi connectivity index (χ2n) is 6.96. The van der Waals surface area contributed by atoms with Gasteiger partial charge < -0.3 is 4.55 Å². The van der Waals surface area contributed by atoms with Crippen LogP contribution in [0, 0.1) is 0 Å². The quantitative estimate of drug-likeness (QED) is 0.389. The van der Waals surface area contributed by atoms with Crippen LogP contribution in [0.15, 0.2) is 24.0 Å². The molecular formula is C20H39NO3S. The highest BCUT2D eigenvalue weighted by Crippen LogP contribution is 2.10. The molecule has 1 aliphatic heterocycles. The van der Waals surface area contributed by atoms with Crippen molar-refractivity contribution in [3.8, 4) is 0 Å². The van der Waals surface area contributed by atoms with Crippen LogP contribution in [0.5, 0.6) is 0 Å². The molecule has 1 rings (SSSR count). The number of unbranched alkanes of at least 4 members (excludes halogenated alkanes) is 9. The summed E-state index contributed by atoms with van der Waals surface area (Å²) in [5.74, 6) is 0. The van der Waals surface area contributed by atoms with Crippen LogP contribution >= 0.6 is 0 Å². The van der Waals surface area contributed by atoms with Crippen LogP contribution in [0.25, 0.3) is 0 Å². The Morgan fingerprint density at radius 3 is 1.84 bits per heavy atom. The third kappa shape index (κ3) is 18.0. The van der Waals surface area contributed by atoms with Crippen molar-refractivity contribution in [3.63, 3.8) is 0 Å². The predicted molar refractivity (Wildman–Crippen MR) is 105 cm³/mol. The van der Waals surface area contributed by atoms with Gasteiger partial charge in [0.2, 0.25) is 0 Å². The largest absolute Gasteiger partial charge is 0.748 e. The Morgan fingerprint density at radius 1 is 0.880 bits per heavy atom. The van der Waals surface area contributed by atoms with Gasteiger partial charge in [-0.05, 0) is 25.3 Å². The Morgan fingerprint density at radius 2 is 1.36 bits per heavy atom. The summed E-state index contributed by atoms with van der Waals surface area (Å²) in [6.07, 6.45) is 24.4. The molecule has 0 aromatic carbocycles. The first-order valence-electron chi connectivity index (χ1n) is 10.0. The van der Waals surface area contributed by atoms with Gasteiger partial charge in [0, 0.05) is 18.8 Å². The summed E-state index contributed by atoms with van der Waals surface area (Å²) < 4.78 is 27.2. The summed E-state index contributed by atoms with van der Waals surface area (Å²) in [7, 11) is -3.92. The molecule has 0 amide bonds. The maximum Gasteiger partial charge on any atom is 0.112 e. The van der Waals surface area contributed by atoms with Gasteiger partial charge in [0.25, 0.3) is 0 Å². The molecule has 0 radical (unpaired) electrons. The average Bonchev–Trinajstić information content (AvgIpc) is 2.95. The molecule has 1 heterocycles. The molecule has 1 unspecified atom stereocenters. The summed E-state index contributed by atoms with van der Waals surface area (Å²) in [5, 5.41) is 0. The van der Waals surface area contributed by atoms with Crippen molar-refractivity contribution in [2.45, 2.75) is 90.9 Å². The van der Waals surface area contributed by atoms with Gasteiger partial charge in [0.05, 0.1) is 22.9 Å². The van der Waals surface area contributed by atoms with Crippen molar-refractivity contribution >= 4 is 10.1 Å². The number of allylic oxidation sites excluding steroid dienone is 3. The second kappa shape index (κ2) is 15.6. The Bertz CT molecular complexity index is 461. The summed E-state index contributed by atoms with van der Waals surface area (Å²) >= 11 is 0. The van der Waals surface area contributed by atoms with Crippen molar-refractivity contribution in [2.24, 2.45) is 0 Å². The molecular weight excluding hydrogens is 334 g/mol. The zero-order valence-corrected chi connectivity index (χ0v) is 17.4. The summed E-state index contributed by atoms with van der Waals surface area (Å²) in [5.41, 5.74) is 1.60. The second-order valence-corrected chi connectivity index (χ2v) is 8.37. The predicted octanol–water partition coefficient (Wildman–Crippen LogP) is 4.16. The zero-order valence-electron chi connectivity index (χ0n) is 16.6. The van der Waals surface area contributed by atoms with Crippen LogP contribution in [-0.2, 0) is 10.1 Å². The van der Waals surface area contributed by atoms with Crippen LogP contribution < -0.4 is 4.90 Å². The molecule has 1 aliphatic rings. The third-order valence-corrected chi connectivity index (χ3v) is 4.33. The van der Waals surface area contributed by atoms with Gasteiger partial charge in [-0.2, -0.15) is 0 Å². The third-order valence-electron chi connectivity index (χ3n) is 4.33. The number of quaternary nitrogens is 1. The fraction of sp³-hybridized carbons (Fsp3) is 0.800. The molecule has 5 heteroatoms. The number of rotatable bonds is 13. The summed E-state index contributed by atoms with van der Waals surface area (Å²) in [4.78, 5) is 1.62. The smallest absolute Gasteiger partial charge is 0.112 e. The normalized spacial score (nSPS) is 16.5. The van der Waals surface area contributed by atoms with Gasteiger partial charge >= 0.3 is 0 Å². The van der Waals surface area contributed by atoms with E-state index in [4.69, 9.17) is 13.0 Å². The number of hydrogen-bond acceptors (Lipinski definition) is 3. The Kier molecular flexibility index (Phi) is 15.2. The summed E-state index contributed by atoms with van der Waals surface area (Å²) in [6.45, 7) is 5.87. The van der Waals surface area contributed by atoms with E-state index < -0.39 is 10.1 Å². The van der Waals surface area contributed by atoms with Crippen molar-refractivity contribution in [1.82, 2.24) is 0 Å². The van der Waals surface area contributed by atoms with E-state index in [0.29, 0.717) is 6.26 Å². The molecule has 4 nitrogen and oxygen atoms in total. The fourth-order valence-electron chi connectivity index (χ4n) is 3.05. The van der Waals surface area contributed by atoms with Crippen LogP contribution in [0.2, 0.25) is 0 Å². The fourth-order valence-corrected chi connectivity index (χ4v) is 3.05. The van der Waals surface area contributed by atoms with E-state index >= 15 is 0 Å².